The summed E-state index contributed by atoms with van der Waals surface area (Å²) in [7, 11) is 0. The standard InChI is InChI=1S/C24H24BrNO3/c1-18-16-20(25)13-14-22(18)29-17-24(27)26-21-11-5-6-12-23(21)28-15-7-10-19-8-3-2-4-9-19/h2-6,8-9,11-14,16H,7,10,15,17H2,1H3,(H,26,27). The third-order valence-corrected chi connectivity index (χ3v) is 4.86. The molecule has 3 rings (SSSR count). The van der Waals surface area contributed by atoms with Crippen molar-refractivity contribution in [1.29, 1.82) is 0 Å². The van der Waals surface area contributed by atoms with Gasteiger partial charge in [-0.15, -0.1) is 0 Å². The number of aryl methyl sites for hydroxylation is 2. The zero-order valence-corrected chi connectivity index (χ0v) is 17.9. The molecule has 0 aromatic heterocycles. The Hall–Kier alpha value is -2.79. The van der Waals surface area contributed by atoms with Crippen molar-refractivity contribution in [3.05, 3.63) is 88.4 Å². The van der Waals surface area contributed by atoms with Gasteiger partial charge in [0.05, 0.1) is 12.3 Å². The molecule has 0 saturated carbocycles. The van der Waals surface area contributed by atoms with Crippen LogP contribution in [-0.2, 0) is 11.2 Å². The minimum Gasteiger partial charge on any atom is -0.491 e. The molecule has 5 heteroatoms. The Morgan fingerprint density at radius 1 is 0.931 bits per heavy atom. The Kier molecular flexibility index (Phi) is 7.70. The zero-order valence-electron chi connectivity index (χ0n) is 16.4. The number of halogens is 1. The van der Waals surface area contributed by atoms with Crippen LogP contribution in [0.15, 0.2) is 77.3 Å². The molecule has 29 heavy (non-hydrogen) atoms. The van der Waals surface area contributed by atoms with Gasteiger partial charge in [0.1, 0.15) is 11.5 Å². The molecule has 1 amide bonds. The van der Waals surface area contributed by atoms with Gasteiger partial charge in [-0.2, -0.15) is 0 Å². The van der Waals surface area contributed by atoms with E-state index in [1.54, 1.807) is 0 Å². The number of hydrogen-bond acceptors (Lipinski definition) is 3. The third kappa shape index (κ3) is 6.64. The summed E-state index contributed by atoms with van der Waals surface area (Å²) >= 11 is 3.42. The van der Waals surface area contributed by atoms with Crippen molar-refractivity contribution in [2.24, 2.45) is 0 Å². The third-order valence-electron chi connectivity index (χ3n) is 4.37. The normalized spacial score (nSPS) is 10.4. The van der Waals surface area contributed by atoms with E-state index in [4.69, 9.17) is 9.47 Å². The van der Waals surface area contributed by atoms with Gasteiger partial charge >= 0.3 is 0 Å². The van der Waals surface area contributed by atoms with Crippen molar-refractivity contribution in [2.75, 3.05) is 18.5 Å². The summed E-state index contributed by atoms with van der Waals surface area (Å²) in [6.45, 7) is 2.46. The molecule has 0 saturated heterocycles. The molecule has 0 radical (unpaired) electrons. The van der Waals surface area contributed by atoms with E-state index in [9.17, 15) is 4.79 Å². The molecule has 0 aliphatic rings. The minimum atomic E-state index is -0.229. The molecule has 0 bridgehead atoms. The first-order chi connectivity index (χ1) is 14.1. The van der Waals surface area contributed by atoms with E-state index in [1.807, 2.05) is 67.6 Å². The first-order valence-corrected chi connectivity index (χ1v) is 10.4. The number of amides is 1. The van der Waals surface area contributed by atoms with Crippen LogP contribution < -0.4 is 14.8 Å². The van der Waals surface area contributed by atoms with E-state index in [0.29, 0.717) is 23.8 Å². The second kappa shape index (κ2) is 10.7. The number of nitrogens with one attached hydrogen (secondary N) is 1. The molecule has 0 unspecified atom stereocenters. The van der Waals surface area contributed by atoms with Crippen molar-refractivity contribution in [3.63, 3.8) is 0 Å². The van der Waals surface area contributed by atoms with Crippen LogP contribution in [0.4, 0.5) is 5.69 Å². The van der Waals surface area contributed by atoms with E-state index < -0.39 is 0 Å². The van der Waals surface area contributed by atoms with Crippen LogP contribution in [0.3, 0.4) is 0 Å². The molecule has 4 nitrogen and oxygen atoms in total. The topological polar surface area (TPSA) is 47.6 Å². The van der Waals surface area contributed by atoms with E-state index in [-0.39, 0.29) is 12.5 Å². The molecule has 1 N–H and O–H groups in total. The maximum absolute atomic E-state index is 12.3. The average Bonchev–Trinajstić information content (AvgIpc) is 2.72. The summed E-state index contributed by atoms with van der Waals surface area (Å²) < 4.78 is 12.5. The van der Waals surface area contributed by atoms with Crippen molar-refractivity contribution >= 4 is 27.5 Å². The van der Waals surface area contributed by atoms with Crippen LogP contribution in [0.25, 0.3) is 0 Å². The Balaban J connectivity index is 1.49. The van der Waals surface area contributed by atoms with Gasteiger partial charge in [0, 0.05) is 4.47 Å². The van der Waals surface area contributed by atoms with Gasteiger partial charge in [-0.1, -0.05) is 58.4 Å². The maximum atomic E-state index is 12.3. The second-order valence-electron chi connectivity index (χ2n) is 6.68. The van der Waals surface area contributed by atoms with Crippen LogP contribution >= 0.6 is 15.9 Å². The summed E-state index contributed by atoms with van der Waals surface area (Å²) in [5, 5.41) is 2.87. The number of benzene rings is 3. The molecular formula is C24H24BrNO3. The first kappa shape index (κ1) is 20.9. The number of hydrogen-bond donors (Lipinski definition) is 1. The molecule has 150 valence electrons. The Morgan fingerprint density at radius 3 is 2.48 bits per heavy atom. The fourth-order valence-corrected chi connectivity index (χ4v) is 3.38. The molecule has 3 aromatic carbocycles. The summed E-state index contributed by atoms with van der Waals surface area (Å²) in [4.78, 5) is 12.3. The molecular weight excluding hydrogens is 430 g/mol. The van der Waals surface area contributed by atoms with Gasteiger partial charge in [-0.3, -0.25) is 4.79 Å². The van der Waals surface area contributed by atoms with Crippen LogP contribution in [0.1, 0.15) is 17.5 Å². The molecule has 3 aromatic rings. The highest BCUT2D eigenvalue weighted by atomic mass is 79.9. The van der Waals surface area contributed by atoms with E-state index in [1.165, 1.54) is 5.56 Å². The fraction of sp³-hybridized carbons (Fsp3) is 0.208. The van der Waals surface area contributed by atoms with E-state index in [2.05, 4.69) is 33.4 Å². The highest BCUT2D eigenvalue weighted by Crippen LogP contribution is 2.25. The van der Waals surface area contributed by atoms with Crippen LogP contribution in [0, 0.1) is 6.92 Å². The second-order valence-corrected chi connectivity index (χ2v) is 7.60. The lowest BCUT2D eigenvalue weighted by atomic mass is 10.1. The smallest absolute Gasteiger partial charge is 0.262 e. The monoisotopic (exact) mass is 453 g/mol. The van der Waals surface area contributed by atoms with Gasteiger partial charge < -0.3 is 14.8 Å². The lowest BCUT2D eigenvalue weighted by molar-refractivity contribution is -0.118. The van der Waals surface area contributed by atoms with Crippen molar-refractivity contribution in [1.82, 2.24) is 0 Å². The Bertz CT molecular complexity index is 944. The van der Waals surface area contributed by atoms with Crippen molar-refractivity contribution in [3.8, 4) is 11.5 Å². The highest BCUT2D eigenvalue weighted by Gasteiger charge is 2.09. The zero-order chi connectivity index (χ0) is 20.5. The SMILES string of the molecule is Cc1cc(Br)ccc1OCC(=O)Nc1ccccc1OCCCc1ccccc1. The quantitative estimate of drug-likeness (QED) is 0.417. The van der Waals surface area contributed by atoms with E-state index in [0.717, 1.165) is 22.9 Å². The number of para-hydroxylation sites is 2. The highest BCUT2D eigenvalue weighted by molar-refractivity contribution is 9.10. The lowest BCUT2D eigenvalue weighted by Gasteiger charge is -2.13. The molecule has 0 aliphatic carbocycles. The van der Waals surface area contributed by atoms with Crippen LogP contribution in [-0.4, -0.2) is 19.1 Å². The summed E-state index contributed by atoms with van der Waals surface area (Å²) in [6, 6.07) is 23.4. The molecule has 0 spiro atoms. The van der Waals surface area contributed by atoms with Gasteiger partial charge in [0.2, 0.25) is 0 Å². The van der Waals surface area contributed by atoms with Gasteiger partial charge in [-0.25, -0.2) is 0 Å². The largest absolute Gasteiger partial charge is 0.491 e. The molecule has 0 heterocycles. The summed E-state index contributed by atoms with van der Waals surface area (Å²) in [6.07, 6.45) is 1.86. The number of carbonyl (C=O) groups excluding carboxylic acids is 1. The van der Waals surface area contributed by atoms with E-state index >= 15 is 0 Å². The number of carbonyl (C=O) groups is 1. The van der Waals surface area contributed by atoms with Crippen molar-refractivity contribution < 1.29 is 14.3 Å². The Morgan fingerprint density at radius 2 is 1.69 bits per heavy atom. The number of rotatable bonds is 9. The van der Waals surface area contributed by atoms with Crippen molar-refractivity contribution in [2.45, 2.75) is 19.8 Å². The predicted molar refractivity (Wildman–Crippen MR) is 120 cm³/mol. The molecule has 0 fully saturated rings. The minimum absolute atomic E-state index is 0.0647. The van der Waals surface area contributed by atoms with Crippen LogP contribution in [0.2, 0.25) is 0 Å². The van der Waals surface area contributed by atoms with Crippen LogP contribution in [0.5, 0.6) is 11.5 Å². The number of ether oxygens (including phenoxy) is 2. The molecule has 0 atom stereocenters. The van der Waals surface area contributed by atoms with Gasteiger partial charge in [0.15, 0.2) is 6.61 Å². The molecule has 0 aliphatic heterocycles. The van der Waals surface area contributed by atoms with Gasteiger partial charge in [0.25, 0.3) is 5.91 Å². The summed E-state index contributed by atoms with van der Waals surface area (Å²) in [5.41, 5.74) is 2.90. The maximum Gasteiger partial charge on any atom is 0.262 e. The average molecular weight is 454 g/mol. The fourth-order valence-electron chi connectivity index (χ4n) is 2.90. The first-order valence-electron chi connectivity index (χ1n) is 9.56. The van der Waals surface area contributed by atoms with Gasteiger partial charge in [-0.05, 0) is 61.2 Å². The number of anilines is 1. The Labute approximate surface area is 180 Å². The summed E-state index contributed by atoms with van der Waals surface area (Å²) in [5.74, 6) is 1.12. The predicted octanol–water partition coefficient (Wildman–Crippen LogP) is 5.79. The lowest BCUT2D eigenvalue weighted by Crippen LogP contribution is -2.21.